The third kappa shape index (κ3) is 3.74. The summed E-state index contributed by atoms with van der Waals surface area (Å²) in [6.07, 6.45) is 0.897. The first kappa shape index (κ1) is 15.3. The first-order valence-corrected chi connectivity index (χ1v) is 7.15. The van der Waals surface area contributed by atoms with Gasteiger partial charge in [0.05, 0.1) is 12.6 Å². The summed E-state index contributed by atoms with van der Waals surface area (Å²) in [6, 6.07) is 13.3. The van der Waals surface area contributed by atoms with Crippen molar-refractivity contribution in [2.24, 2.45) is 5.73 Å². The lowest BCUT2D eigenvalue weighted by Gasteiger charge is -2.15. The normalized spacial score (nSPS) is 12.4. The Hall–Kier alpha value is -1.06. The molecule has 0 saturated carbocycles. The van der Waals surface area contributed by atoms with Gasteiger partial charge in [0.15, 0.2) is 0 Å². The van der Waals surface area contributed by atoms with Gasteiger partial charge in [0, 0.05) is 17.2 Å². The second-order valence-electron chi connectivity index (χ2n) is 4.63. The van der Waals surface area contributed by atoms with E-state index in [9.17, 15) is 0 Å². The van der Waals surface area contributed by atoms with Crippen molar-refractivity contribution in [3.05, 3.63) is 69.2 Å². The Morgan fingerprint density at radius 2 is 1.80 bits per heavy atom. The lowest BCUT2D eigenvalue weighted by atomic mass is 9.98. The highest BCUT2D eigenvalue weighted by Gasteiger charge is 2.12. The number of hydrogen-bond acceptors (Lipinski definition) is 2. The lowest BCUT2D eigenvalue weighted by Crippen LogP contribution is -2.12. The van der Waals surface area contributed by atoms with Crippen LogP contribution in [0.25, 0.3) is 0 Å². The molecule has 2 aromatic carbocycles. The fourth-order valence-electron chi connectivity index (χ4n) is 2.04. The Labute approximate surface area is 129 Å². The molecule has 2 nitrogen and oxygen atoms in total. The summed E-state index contributed by atoms with van der Waals surface area (Å²) in [5, 5.41) is 1.20. The number of hydrogen-bond donors (Lipinski definition) is 1. The molecule has 0 amide bonds. The SMILES string of the molecule is COCCc1ccc(C(N)c2ccc(Cl)cc2Cl)cc1. The standard InChI is InChI=1S/C16H17Cl2NO/c1-20-9-8-11-2-4-12(5-3-11)16(19)14-7-6-13(17)10-15(14)18/h2-7,10,16H,8-9,19H2,1H3. The minimum Gasteiger partial charge on any atom is -0.384 e. The van der Waals surface area contributed by atoms with Crippen molar-refractivity contribution in [3.63, 3.8) is 0 Å². The van der Waals surface area contributed by atoms with E-state index in [1.54, 1.807) is 19.2 Å². The van der Waals surface area contributed by atoms with Gasteiger partial charge >= 0.3 is 0 Å². The summed E-state index contributed by atoms with van der Waals surface area (Å²) in [7, 11) is 1.70. The molecule has 0 bridgehead atoms. The third-order valence-electron chi connectivity index (χ3n) is 3.23. The predicted molar refractivity (Wildman–Crippen MR) is 84.5 cm³/mol. The van der Waals surface area contributed by atoms with Crippen LogP contribution < -0.4 is 5.73 Å². The van der Waals surface area contributed by atoms with Crippen LogP contribution in [0.15, 0.2) is 42.5 Å². The minimum atomic E-state index is -0.253. The molecule has 1 unspecified atom stereocenters. The van der Waals surface area contributed by atoms with Gasteiger partial charge in [-0.25, -0.2) is 0 Å². The Kier molecular flexibility index (Phi) is 5.44. The van der Waals surface area contributed by atoms with Gasteiger partial charge in [-0.15, -0.1) is 0 Å². The smallest absolute Gasteiger partial charge is 0.0566 e. The van der Waals surface area contributed by atoms with Crippen LogP contribution in [0.2, 0.25) is 10.0 Å². The molecular weight excluding hydrogens is 293 g/mol. The highest BCUT2D eigenvalue weighted by Crippen LogP contribution is 2.29. The van der Waals surface area contributed by atoms with Crippen LogP contribution in [0.4, 0.5) is 0 Å². The zero-order valence-electron chi connectivity index (χ0n) is 11.3. The van der Waals surface area contributed by atoms with E-state index in [4.69, 9.17) is 33.7 Å². The van der Waals surface area contributed by atoms with Crippen LogP contribution in [-0.2, 0) is 11.2 Å². The topological polar surface area (TPSA) is 35.2 Å². The quantitative estimate of drug-likeness (QED) is 0.897. The van der Waals surface area contributed by atoms with Crippen molar-refractivity contribution in [2.45, 2.75) is 12.5 Å². The Morgan fingerprint density at radius 3 is 2.40 bits per heavy atom. The maximum atomic E-state index is 6.27. The lowest BCUT2D eigenvalue weighted by molar-refractivity contribution is 0.202. The first-order valence-electron chi connectivity index (χ1n) is 6.40. The summed E-state index contributed by atoms with van der Waals surface area (Å²) < 4.78 is 5.07. The van der Waals surface area contributed by atoms with Gasteiger partial charge in [0.1, 0.15) is 0 Å². The largest absolute Gasteiger partial charge is 0.384 e. The number of benzene rings is 2. The van der Waals surface area contributed by atoms with Crippen molar-refractivity contribution in [2.75, 3.05) is 13.7 Å². The highest BCUT2D eigenvalue weighted by molar-refractivity contribution is 6.35. The van der Waals surface area contributed by atoms with Crippen LogP contribution in [0.1, 0.15) is 22.7 Å². The molecule has 0 aliphatic heterocycles. The van der Waals surface area contributed by atoms with E-state index in [0.717, 1.165) is 17.5 Å². The van der Waals surface area contributed by atoms with E-state index >= 15 is 0 Å². The summed E-state index contributed by atoms with van der Waals surface area (Å²) in [4.78, 5) is 0. The molecule has 0 radical (unpaired) electrons. The fourth-order valence-corrected chi connectivity index (χ4v) is 2.57. The summed E-state index contributed by atoms with van der Waals surface area (Å²) in [6.45, 7) is 0.717. The summed E-state index contributed by atoms with van der Waals surface area (Å²) in [5.74, 6) is 0. The van der Waals surface area contributed by atoms with E-state index in [0.29, 0.717) is 16.7 Å². The van der Waals surface area contributed by atoms with Gasteiger partial charge in [-0.2, -0.15) is 0 Å². The van der Waals surface area contributed by atoms with Crippen LogP contribution >= 0.6 is 23.2 Å². The number of nitrogens with two attached hydrogens (primary N) is 1. The molecule has 2 aromatic rings. The van der Waals surface area contributed by atoms with Gasteiger partial charge in [0.2, 0.25) is 0 Å². The number of ether oxygens (including phenoxy) is 1. The van der Waals surface area contributed by atoms with Gasteiger partial charge in [-0.1, -0.05) is 53.5 Å². The van der Waals surface area contributed by atoms with E-state index in [-0.39, 0.29) is 6.04 Å². The monoisotopic (exact) mass is 309 g/mol. The molecule has 2 N–H and O–H groups in total. The molecule has 4 heteroatoms. The average Bonchev–Trinajstić information content (AvgIpc) is 2.45. The molecule has 2 rings (SSSR count). The van der Waals surface area contributed by atoms with E-state index in [1.807, 2.05) is 18.2 Å². The molecule has 0 saturated heterocycles. The molecule has 0 aliphatic carbocycles. The summed E-state index contributed by atoms with van der Waals surface area (Å²) in [5.41, 5.74) is 9.39. The fraction of sp³-hybridized carbons (Fsp3) is 0.250. The zero-order chi connectivity index (χ0) is 14.5. The molecular formula is C16H17Cl2NO. The molecule has 106 valence electrons. The summed E-state index contributed by atoms with van der Waals surface area (Å²) >= 11 is 12.1. The third-order valence-corrected chi connectivity index (χ3v) is 3.79. The van der Waals surface area contributed by atoms with Crippen LogP contribution in [-0.4, -0.2) is 13.7 Å². The first-order chi connectivity index (χ1) is 9.61. The highest BCUT2D eigenvalue weighted by atomic mass is 35.5. The van der Waals surface area contributed by atoms with E-state index in [1.165, 1.54) is 5.56 Å². The average molecular weight is 310 g/mol. The molecule has 0 heterocycles. The van der Waals surface area contributed by atoms with Gasteiger partial charge in [-0.3, -0.25) is 0 Å². The second-order valence-corrected chi connectivity index (χ2v) is 5.47. The molecule has 0 fully saturated rings. The molecule has 0 aromatic heterocycles. The Morgan fingerprint density at radius 1 is 1.10 bits per heavy atom. The van der Waals surface area contributed by atoms with Gasteiger partial charge in [-0.05, 0) is 35.2 Å². The minimum absolute atomic E-state index is 0.253. The zero-order valence-corrected chi connectivity index (χ0v) is 12.8. The Bertz CT molecular complexity index is 569. The molecule has 20 heavy (non-hydrogen) atoms. The number of methoxy groups -OCH3 is 1. The maximum absolute atomic E-state index is 6.27. The Balaban J connectivity index is 2.18. The van der Waals surface area contributed by atoms with Crippen LogP contribution in [0.5, 0.6) is 0 Å². The van der Waals surface area contributed by atoms with Crippen LogP contribution in [0, 0.1) is 0 Å². The van der Waals surface area contributed by atoms with Gasteiger partial charge < -0.3 is 10.5 Å². The molecule has 1 atom stereocenters. The van der Waals surface area contributed by atoms with E-state index in [2.05, 4.69) is 12.1 Å². The van der Waals surface area contributed by atoms with Crippen molar-refractivity contribution < 1.29 is 4.74 Å². The van der Waals surface area contributed by atoms with Crippen molar-refractivity contribution >= 4 is 23.2 Å². The van der Waals surface area contributed by atoms with Gasteiger partial charge in [0.25, 0.3) is 0 Å². The second kappa shape index (κ2) is 7.09. The predicted octanol–water partition coefficient (Wildman–Crippen LogP) is 4.23. The van der Waals surface area contributed by atoms with Crippen molar-refractivity contribution in [1.82, 2.24) is 0 Å². The van der Waals surface area contributed by atoms with Crippen LogP contribution in [0.3, 0.4) is 0 Å². The number of rotatable bonds is 5. The maximum Gasteiger partial charge on any atom is 0.0566 e. The van der Waals surface area contributed by atoms with Crippen molar-refractivity contribution in [1.29, 1.82) is 0 Å². The van der Waals surface area contributed by atoms with Crippen molar-refractivity contribution in [3.8, 4) is 0 Å². The molecule has 0 spiro atoms. The number of halogens is 2. The molecule has 0 aliphatic rings. The van der Waals surface area contributed by atoms with E-state index < -0.39 is 0 Å².